The van der Waals surface area contributed by atoms with Gasteiger partial charge in [-0.3, -0.25) is 24.5 Å². The maximum absolute atomic E-state index is 13.8. The van der Waals surface area contributed by atoms with Crippen LogP contribution in [-0.4, -0.2) is 33.5 Å². The highest BCUT2D eigenvalue weighted by Gasteiger charge is 2.64. The molecule has 4 atom stereocenters. The van der Waals surface area contributed by atoms with Crippen LogP contribution in [0.1, 0.15) is 33.3 Å². The molecular formula is C26H19N3O6. The topological polar surface area (TPSA) is 114 Å². The summed E-state index contributed by atoms with van der Waals surface area (Å²) in [6, 6.07) is 13.5. The van der Waals surface area contributed by atoms with Gasteiger partial charge in [-0.25, -0.2) is 4.90 Å². The molecule has 0 N–H and O–H groups in total. The Labute approximate surface area is 199 Å². The van der Waals surface area contributed by atoms with Crippen LogP contribution in [0.15, 0.2) is 71.5 Å². The van der Waals surface area contributed by atoms with Crippen LogP contribution in [-0.2, 0) is 9.59 Å². The van der Waals surface area contributed by atoms with E-state index in [0.717, 1.165) is 16.0 Å². The Morgan fingerprint density at radius 2 is 1.80 bits per heavy atom. The highest BCUT2D eigenvalue weighted by atomic mass is 16.6. The largest absolute Gasteiger partial charge is 0.461 e. The molecule has 4 heterocycles. The van der Waals surface area contributed by atoms with Crippen molar-refractivity contribution < 1.29 is 23.7 Å². The van der Waals surface area contributed by atoms with Crippen molar-refractivity contribution in [1.29, 1.82) is 0 Å². The summed E-state index contributed by atoms with van der Waals surface area (Å²) in [7, 11) is 0. The summed E-state index contributed by atoms with van der Waals surface area (Å²) in [5.41, 5.74) is 2.11. The van der Waals surface area contributed by atoms with Gasteiger partial charge in [0.1, 0.15) is 6.04 Å². The van der Waals surface area contributed by atoms with Crippen LogP contribution in [0.3, 0.4) is 0 Å². The molecule has 0 aliphatic carbocycles. The Morgan fingerprint density at radius 1 is 1.03 bits per heavy atom. The van der Waals surface area contributed by atoms with E-state index in [1.165, 1.54) is 30.5 Å². The van der Waals surface area contributed by atoms with Gasteiger partial charge in [-0.05, 0) is 42.3 Å². The summed E-state index contributed by atoms with van der Waals surface area (Å²) in [6.45, 7) is 1.59. The lowest BCUT2D eigenvalue weighted by molar-refractivity contribution is -0.385. The van der Waals surface area contributed by atoms with Gasteiger partial charge in [-0.15, -0.1) is 0 Å². The standard InChI is InChI=1S/C26H19N3O6/c1-14-8-9-16(13-18(14)29(33)34)28-25(31)20-21(26(28)32)23(24(30)19-7-4-12-35-19)27-11-10-15-5-2-3-6-17(15)22(20)27/h2-13,20-23H,1H3/t20-,21+,22+,23+/m0/s1. The number of nitro groups is 1. The van der Waals surface area contributed by atoms with Gasteiger partial charge >= 0.3 is 0 Å². The van der Waals surface area contributed by atoms with Gasteiger partial charge in [-0.1, -0.05) is 30.3 Å². The molecule has 0 saturated carbocycles. The molecule has 9 nitrogen and oxygen atoms in total. The maximum Gasteiger partial charge on any atom is 0.274 e. The van der Waals surface area contributed by atoms with E-state index in [4.69, 9.17) is 4.42 Å². The molecule has 2 aromatic carbocycles. The number of benzene rings is 2. The van der Waals surface area contributed by atoms with E-state index in [1.54, 1.807) is 24.1 Å². The zero-order valence-electron chi connectivity index (χ0n) is 18.5. The number of Topliss-reactive ketones (excluding diaryl/α,β-unsaturated/α-hetero) is 1. The highest BCUT2D eigenvalue weighted by Crippen LogP contribution is 2.53. The zero-order chi connectivity index (χ0) is 24.4. The molecule has 0 radical (unpaired) electrons. The van der Waals surface area contributed by atoms with Crippen molar-refractivity contribution in [3.63, 3.8) is 0 Å². The number of ketones is 1. The minimum Gasteiger partial charge on any atom is -0.461 e. The third kappa shape index (κ3) is 2.91. The Hall–Kier alpha value is -4.53. The number of anilines is 1. The van der Waals surface area contributed by atoms with E-state index in [9.17, 15) is 24.5 Å². The van der Waals surface area contributed by atoms with Crippen molar-refractivity contribution in [3.05, 3.63) is 99.6 Å². The summed E-state index contributed by atoms with van der Waals surface area (Å²) in [6.07, 6.45) is 5.02. The molecule has 9 heteroatoms. The smallest absolute Gasteiger partial charge is 0.274 e. The Bertz CT molecular complexity index is 1440. The fraction of sp³-hybridized carbons (Fsp3) is 0.192. The number of aryl methyl sites for hydroxylation is 1. The first kappa shape index (κ1) is 21.0. The molecule has 6 rings (SSSR count). The predicted molar refractivity (Wildman–Crippen MR) is 124 cm³/mol. The molecule has 2 fully saturated rings. The van der Waals surface area contributed by atoms with Gasteiger partial charge in [0.15, 0.2) is 5.76 Å². The molecule has 0 bridgehead atoms. The number of furan rings is 1. The van der Waals surface area contributed by atoms with Crippen molar-refractivity contribution in [1.82, 2.24) is 4.90 Å². The molecule has 3 aliphatic rings. The number of nitrogens with zero attached hydrogens (tertiary/aromatic N) is 3. The number of carbonyl (C=O) groups excluding carboxylic acids is 3. The summed E-state index contributed by atoms with van der Waals surface area (Å²) < 4.78 is 5.35. The monoisotopic (exact) mass is 469 g/mol. The summed E-state index contributed by atoms with van der Waals surface area (Å²) in [5.74, 6) is -3.13. The molecule has 174 valence electrons. The summed E-state index contributed by atoms with van der Waals surface area (Å²) >= 11 is 0. The van der Waals surface area contributed by atoms with Gasteiger partial charge in [-0.2, -0.15) is 0 Å². The fourth-order valence-corrected chi connectivity index (χ4v) is 5.61. The number of hydrogen-bond donors (Lipinski definition) is 0. The average molecular weight is 469 g/mol. The molecule has 0 spiro atoms. The Morgan fingerprint density at radius 3 is 2.54 bits per heavy atom. The van der Waals surface area contributed by atoms with E-state index < -0.39 is 46.4 Å². The quantitative estimate of drug-likeness (QED) is 0.246. The van der Waals surface area contributed by atoms with Crippen LogP contribution in [0.2, 0.25) is 0 Å². The lowest BCUT2D eigenvalue weighted by Crippen LogP contribution is -2.44. The number of rotatable bonds is 4. The number of carbonyl (C=O) groups is 3. The molecule has 35 heavy (non-hydrogen) atoms. The molecule has 1 aromatic heterocycles. The van der Waals surface area contributed by atoms with E-state index in [1.807, 2.05) is 30.3 Å². The summed E-state index contributed by atoms with van der Waals surface area (Å²) in [5, 5.41) is 11.5. The first-order chi connectivity index (χ1) is 16.9. The average Bonchev–Trinajstić information content (AvgIpc) is 3.56. The van der Waals surface area contributed by atoms with Crippen LogP contribution in [0.4, 0.5) is 11.4 Å². The van der Waals surface area contributed by atoms with Crippen molar-refractivity contribution >= 4 is 35.0 Å². The van der Waals surface area contributed by atoms with Crippen LogP contribution in [0, 0.1) is 28.9 Å². The fourth-order valence-electron chi connectivity index (χ4n) is 5.61. The minimum absolute atomic E-state index is 0.103. The number of hydrogen-bond acceptors (Lipinski definition) is 7. The second kappa shape index (κ2) is 7.49. The molecule has 0 unspecified atom stereocenters. The Balaban J connectivity index is 1.50. The third-order valence-corrected chi connectivity index (χ3v) is 7.14. The maximum atomic E-state index is 13.8. The van der Waals surface area contributed by atoms with Gasteiger partial charge in [0.05, 0.1) is 34.8 Å². The number of fused-ring (bicyclic) bond motifs is 5. The van der Waals surface area contributed by atoms with Gasteiger partial charge < -0.3 is 9.32 Å². The molecular weight excluding hydrogens is 450 g/mol. The van der Waals surface area contributed by atoms with Crippen LogP contribution >= 0.6 is 0 Å². The van der Waals surface area contributed by atoms with Crippen molar-refractivity contribution in [2.75, 3.05) is 4.90 Å². The summed E-state index contributed by atoms with van der Waals surface area (Å²) in [4.78, 5) is 54.9. The number of amides is 2. The van der Waals surface area contributed by atoms with E-state index in [0.29, 0.717) is 5.56 Å². The molecule has 3 aromatic rings. The van der Waals surface area contributed by atoms with Gasteiger partial charge in [0, 0.05) is 17.8 Å². The number of imide groups is 1. The molecule has 2 amide bonds. The van der Waals surface area contributed by atoms with Crippen molar-refractivity contribution in [2.24, 2.45) is 11.8 Å². The normalized spacial score (nSPS) is 24.4. The first-order valence-electron chi connectivity index (χ1n) is 11.1. The predicted octanol–water partition coefficient (Wildman–Crippen LogP) is 3.89. The minimum atomic E-state index is -0.971. The highest BCUT2D eigenvalue weighted by molar-refractivity contribution is 6.24. The second-order valence-electron chi connectivity index (χ2n) is 8.91. The molecule has 2 saturated heterocycles. The van der Waals surface area contributed by atoms with E-state index >= 15 is 0 Å². The van der Waals surface area contributed by atoms with E-state index in [2.05, 4.69) is 0 Å². The zero-order valence-corrected chi connectivity index (χ0v) is 18.5. The van der Waals surface area contributed by atoms with Crippen molar-refractivity contribution in [3.8, 4) is 0 Å². The lowest BCUT2D eigenvalue weighted by atomic mass is 9.84. The number of nitro benzene ring substituents is 1. The van der Waals surface area contributed by atoms with Crippen LogP contribution in [0.5, 0.6) is 0 Å². The van der Waals surface area contributed by atoms with Crippen LogP contribution in [0.25, 0.3) is 6.08 Å². The van der Waals surface area contributed by atoms with Crippen LogP contribution < -0.4 is 4.90 Å². The van der Waals surface area contributed by atoms with Gasteiger partial charge in [0.25, 0.3) is 5.69 Å². The molecule has 3 aliphatic heterocycles. The van der Waals surface area contributed by atoms with Gasteiger partial charge in [0.2, 0.25) is 17.6 Å². The SMILES string of the molecule is Cc1ccc(N2C(=O)[C@@H]3[C@H](C2=O)[C@H]2c4ccccc4C=CN2[C@H]3C(=O)c2ccco2)cc1[N+](=O)[O-]. The first-order valence-corrected chi connectivity index (χ1v) is 11.1. The second-order valence-corrected chi connectivity index (χ2v) is 8.91. The Kier molecular flexibility index (Phi) is 4.50. The lowest BCUT2D eigenvalue weighted by Gasteiger charge is -2.35. The van der Waals surface area contributed by atoms with Crippen molar-refractivity contribution in [2.45, 2.75) is 19.0 Å². The van der Waals surface area contributed by atoms with E-state index in [-0.39, 0.29) is 17.1 Å². The third-order valence-electron chi connectivity index (χ3n) is 7.14.